The van der Waals surface area contributed by atoms with Crippen molar-refractivity contribution in [3.8, 4) is 0 Å². The monoisotopic (exact) mass is 542 g/mol. The van der Waals surface area contributed by atoms with Crippen molar-refractivity contribution in [1.29, 1.82) is 0 Å². The maximum Gasteiger partial charge on any atom is 0.328 e. The van der Waals surface area contributed by atoms with E-state index >= 15 is 0 Å². The van der Waals surface area contributed by atoms with Crippen LogP contribution >= 0.6 is 0 Å². The molecule has 0 aromatic carbocycles. The van der Waals surface area contributed by atoms with Crippen LogP contribution in [-0.2, 0) is 4.79 Å². The first-order valence-electron chi connectivity index (χ1n) is 9.21. The number of carboxylic acids is 1. The Morgan fingerprint density at radius 2 is 1.30 bits per heavy atom. The molecule has 0 rings (SSSR count). The maximum atomic E-state index is 10.5. The van der Waals surface area contributed by atoms with Gasteiger partial charge >= 0.3 is 5.97 Å². The zero-order valence-corrected chi connectivity index (χ0v) is 20.1. The third kappa shape index (κ3) is 18.7. The van der Waals surface area contributed by atoms with E-state index in [2.05, 4.69) is 27.7 Å². The van der Waals surface area contributed by atoms with E-state index in [1.807, 2.05) is 6.92 Å². The first kappa shape index (κ1) is 25.8. The standard InChI is InChI=1S/C20H38O2.Th/c1-16(2)9-6-10-17(3)11-7-12-18(4)13-8-14-19(5)15-20(21)22;/h15-18H,6-14H2,1-5H3,(H,21,22);/b19-15+;/t17-,18-;/m1./s1. The van der Waals surface area contributed by atoms with E-state index < -0.39 is 5.97 Å². The van der Waals surface area contributed by atoms with Crippen LogP contribution in [-0.4, -0.2) is 11.1 Å². The van der Waals surface area contributed by atoms with Gasteiger partial charge in [0.15, 0.2) is 0 Å². The van der Waals surface area contributed by atoms with E-state index in [0.29, 0.717) is 0 Å². The number of allylic oxidation sites excluding steroid dienone is 1. The Labute approximate surface area is 176 Å². The average Bonchev–Trinajstić information content (AvgIpc) is 2.37. The fourth-order valence-electron chi connectivity index (χ4n) is 2.99. The van der Waals surface area contributed by atoms with Gasteiger partial charge in [-0.3, -0.25) is 0 Å². The largest absolute Gasteiger partial charge is 0.478 e. The molecule has 0 unspecified atom stereocenters. The van der Waals surface area contributed by atoms with Crippen LogP contribution in [0, 0.1) is 57.7 Å². The van der Waals surface area contributed by atoms with Gasteiger partial charge < -0.3 is 5.11 Å². The molecule has 1 N–H and O–H groups in total. The van der Waals surface area contributed by atoms with E-state index in [1.165, 1.54) is 51.0 Å². The van der Waals surface area contributed by atoms with Gasteiger partial charge in [-0.15, -0.1) is 0 Å². The Hall–Kier alpha value is 0.535. The van der Waals surface area contributed by atoms with Crippen LogP contribution in [0.2, 0.25) is 0 Å². The van der Waals surface area contributed by atoms with E-state index in [-0.39, 0.29) is 39.9 Å². The van der Waals surface area contributed by atoms with Crippen molar-refractivity contribution < 1.29 is 49.8 Å². The Balaban J connectivity index is 0. The molecule has 134 valence electrons. The normalized spacial score (nSPS) is 14.4. The quantitative estimate of drug-likeness (QED) is 0.272. The molecule has 0 saturated heterocycles. The molecular weight excluding hydrogens is 504 g/mol. The number of carbonyl (C=O) groups is 1. The first-order chi connectivity index (χ1) is 10.3. The topological polar surface area (TPSA) is 37.3 Å². The number of carboxylic acid groups (broad SMARTS) is 1. The van der Waals surface area contributed by atoms with Gasteiger partial charge in [0.05, 0.1) is 0 Å². The molecular formula is C20H38O2Th. The zero-order chi connectivity index (χ0) is 17.0. The van der Waals surface area contributed by atoms with Gasteiger partial charge in [-0.2, -0.15) is 0 Å². The predicted molar refractivity (Wildman–Crippen MR) is 96.1 cm³/mol. The molecule has 0 radical (unpaired) electrons. The summed E-state index contributed by atoms with van der Waals surface area (Å²) in [5.74, 6) is 1.65. The minimum atomic E-state index is -0.822. The van der Waals surface area contributed by atoms with E-state index in [1.54, 1.807) is 0 Å². The number of hydrogen-bond donors (Lipinski definition) is 1. The second-order valence-corrected chi connectivity index (χ2v) is 7.69. The molecule has 0 heterocycles. The van der Waals surface area contributed by atoms with Crippen molar-refractivity contribution in [3.05, 3.63) is 11.6 Å². The van der Waals surface area contributed by atoms with E-state index in [0.717, 1.165) is 36.2 Å². The second kappa shape index (κ2) is 16.0. The smallest absolute Gasteiger partial charge is 0.328 e. The molecule has 0 saturated carbocycles. The molecule has 0 aliphatic rings. The third-order valence-corrected chi connectivity index (χ3v) is 4.51. The molecule has 0 aliphatic carbocycles. The van der Waals surface area contributed by atoms with Crippen molar-refractivity contribution in [2.75, 3.05) is 0 Å². The second-order valence-electron chi connectivity index (χ2n) is 7.69. The number of hydrogen-bond acceptors (Lipinski definition) is 1. The van der Waals surface area contributed by atoms with Crippen LogP contribution in [0.1, 0.15) is 92.4 Å². The van der Waals surface area contributed by atoms with Gasteiger partial charge in [0, 0.05) is 46.0 Å². The van der Waals surface area contributed by atoms with Gasteiger partial charge in [0.25, 0.3) is 0 Å². The molecule has 0 aromatic heterocycles. The van der Waals surface area contributed by atoms with Crippen LogP contribution in [0.15, 0.2) is 11.6 Å². The Morgan fingerprint density at radius 3 is 1.74 bits per heavy atom. The van der Waals surface area contributed by atoms with Crippen LogP contribution in [0.25, 0.3) is 0 Å². The number of aliphatic carboxylic acids is 1. The molecule has 0 fully saturated rings. The number of rotatable bonds is 13. The zero-order valence-electron chi connectivity index (χ0n) is 16.0. The van der Waals surface area contributed by atoms with Gasteiger partial charge in [-0.1, -0.05) is 78.2 Å². The molecule has 0 spiro atoms. The molecule has 0 aliphatic heterocycles. The van der Waals surface area contributed by atoms with Crippen LogP contribution in [0.4, 0.5) is 0 Å². The van der Waals surface area contributed by atoms with Crippen LogP contribution in [0.5, 0.6) is 0 Å². The predicted octanol–water partition coefficient (Wildman–Crippen LogP) is 6.46. The first-order valence-corrected chi connectivity index (χ1v) is 9.21. The molecule has 0 bridgehead atoms. The fourth-order valence-corrected chi connectivity index (χ4v) is 2.99. The van der Waals surface area contributed by atoms with E-state index in [4.69, 9.17) is 5.11 Å². The molecule has 3 heteroatoms. The summed E-state index contributed by atoms with van der Waals surface area (Å²) in [6, 6.07) is 0. The molecule has 2 nitrogen and oxygen atoms in total. The van der Waals surface area contributed by atoms with Crippen LogP contribution in [0.3, 0.4) is 0 Å². The molecule has 0 aromatic rings. The summed E-state index contributed by atoms with van der Waals surface area (Å²) in [4.78, 5) is 10.5. The van der Waals surface area contributed by atoms with Crippen molar-refractivity contribution in [3.63, 3.8) is 0 Å². The summed E-state index contributed by atoms with van der Waals surface area (Å²) < 4.78 is 0. The van der Waals surface area contributed by atoms with Gasteiger partial charge in [-0.05, 0) is 37.5 Å². The third-order valence-electron chi connectivity index (χ3n) is 4.51. The van der Waals surface area contributed by atoms with Gasteiger partial charge in [0.1, 0.15) is 0 Å². The van der Waals surface area contributed by atoms with Crippen molar-refractivity contribution in [2.24, 2.45) is 17.8 Å². The Morgan fingerprint density at radius 1 is 0.870 bits per heavy atom. The Bertz CT molecular complexity index is 324. The fraction of sp³-hybridized carbons (Fsp3) is 0.850. The molecule has 2 atom stereocenters. The summed E-state index contributed by atoms with van der Waals surface area (Å²) in [6.45, 7) is 11.3. The van der Waals surface area contributed by atoms with Crippen LogP contribution < -0.4 is 0 Å². The maximum absolute atomic E-state index is 10.5. The van der Waals surface area contributed by atoms with Gasteiger partial charge in [0.2, 0.25) is 0 Å². The minimum absolute atomic E-state index is 0. The van der Waals surface area contributed by atoms with E-state index in [9.17, 15) is 4.79 Å². The molecule has 23 heavy (non-hydrogen) atoms. The minimum Gasteiger partial charge on any atom is -0.478 e. The summed E-state index contributed by atoms with van der Waals surface area (Å²) >= 11 is 0. The summed E-state index contributed by atoms with van der Waals surface area (Å²) in [7, 11) is 0. The van der Waals surface area contributed by atoms with Gasteiger partial charge in [-0.25, -0.2) is 4.79 Å². The molecule has 0 amide bonds. The summed E-state index contributed by atoms with van der Waals surface area (Å²) in [5.41, 5.74) is 0.985. The average molecular weight is 543 g/mol. The van der Waals surface area contributed by atoms with Crippen molar-refractivity contribution in [2.45, 2.75) is 92.4 Å². The Kier molecular flexibility index (Phi) is 18.0. The SMILES string of the molecule is C/C(=C\C(=O)O)CCC[C@H](C)CCC[C@H](C)CCCC(C)C.[Th]. The summed E-state index contributed by atoms with van der Waals surface area (Å²) in [6.07, 6.45) is 12.7. The van der Waals surface area contributed by atoms with Crippen molar-refractivity contribution in [1.82, 2.24) is 0 Å². The summed E-state index contributed by atoms with van der Waals surface area (Å²) in [5, 5.41) is 8.68. The van der Waals surface area contributed by atoms with Crippen molar-refractivity contribution >= 4 is 5.97 Å².